The molecule has 0 saturated carbocycles. The first-order valence-corrected chi connectivity index (χ1v) is 7.55. The number of rotatable bonds is 3. The average Bonchev–Trinajstić information content (AvgIpc) is 2.36. The molecule has 0 aliphatic heterocycles. The minimum absolute atomic E-state index is 0.0829. The van der Waals surface area contributed by atoms with Gasteiger partial charge in [0.05, 0.1) is 0 Å². The lowest BCUT2D eigenvalue weighted by molar-refractivity contribution is 0.544. The molecule has 1 aromatic carbocycles. The minimum Gasteiger partial charge on any atom is -0.366 e. The molecular formula is C15H17BrClN3. The largest absolute Gasteiger partial charge is 0.366 e. The molecule has 0 atom stereocenters. The maximum atomic E-state index is 5.87. The van der Waals surface area contributed by atoms with Crippen LogP contribution in [0.5, 0.6) is 0 Å². The Labute approximate surface area is 132 Å². The van der Waals surface area contributed by atoms with Crippen LogP contribution in [0.2, 0.25) is 5.02 Å². The molecule has 1 heterocycles. The second-order valence-corrected chi connectivity index (χ2v) is 6.88. The third kappa shape index (κ3) is 4.18. The van der Waals surface area contributed by atoms with Gasteiger partial charge in [0.1, 0.15) is 16.2 Å². The smallest absolute Gasteiger partial charge is 0.137 e. The van der Waals surface area contributed by atoms with Crippen LogP contribution >= 0.6 is 27.5 Å². The zero-order valence-electron chi connectivity index (χ0n) is 11.7. The number of anilines is 1. The monoisotopic (exact) mass is 353 g/mol. The van der Waals surface area contributed by atoms with E-state index in [1.54, 1.807) is 0 Å². The van der Waals surface area contributed by atoms with Gasteiger partial charge < -0.3 is 5.32 Å². The first-order chi connectivity index (χ1) is 9.34. The van der Waals surface area contributed by atoms with Crippen molar-refractivity contribution in [1.29, 1.82) is 0 Å². The lowest BCUT2D eigenvalue weighted by Crippen LogP contribution is -2.17. The van der Waals surface area contributed by atoms with Gasteiger partial charge in [-0.1, -0.05) is 44.5 Å². The molecule has 0 saturated heterocycles. The molecule has 0 aliphatic rings. The number of nitrogens with zero attached hydrogens (tertiary/aromatic N) is 2. The summed E-state index contributed by atoms with van der Waals surface area (Å²) in [5.41, 5.74) is 1.07. The van der Waals surface area contributed by atoms with E-state index < -0.39 is 0 Å². The molecule has 0 radical (unpaired) electrons. The molecule has 0 aliphatic carbocycles. The van der Waals surface area contributed by atoms with Crippen LogP contribution in [0.15, 0.2) is 34.9 Å². The average molecular weight is 355 g/mol. The van der Waals surface area contributed by atoms with Crippen molar-refractivity contribution in [2.45, 2.75) is 32.7 Å². The van der Waals surface area contributed by atoms with E-state index in [9.17, 15) is 0 Å². The molecule has 20 heavy (non-hydrogen) atoms. The Kier molecular flexibility index (Phi) is 4.66. The Balaban J connectivity index is 2.13. The maximum absolute atomic E-state index is 5.87. The summed E-state index contributed by atoms with van der Waals surface area (Å²) in [5.74, 6) is 1.62. The van der Waals surface area contributed by atoms with Gasteiger partial charge in [-0.15, -0.1) is 0 Å². The van der Waals surface area contributed by atoms with Gasteiger partial charge in [-0.2, -0.15) is 0 Å². The van der Waals surface area contributed by atoms with Crippen molar-refractivity contribution in [2.24, 2.45) is 0 Å². The van der Waals surface area contributed by atoms with Crippen molar-refractivity contribution in [3.8, 4) is 0 Å². The maximum Gasteiger partial charge on any atom is 0.137 e. The van der Waals surface area contributed by atoms with Gasteiger partial charge in [-0.05, 0) is 33.6 Å². The summed E-state index contributed by atoms with van der Waals surface area (Å²) in [5, 5.41) is 4.05. The van der Waals surface area contributed by atoms with Crippen LogP contribution in [-0.4, -0.2) is 9.97 Å². The highest BCUT2D eigenvalue weighted by atomic mass is 79.9. The molecule has 106 valence electrons. The minimum atomic E-state index is -0.0829. The Morgan fingerprint density at radius 2 is 1.80 bits per heavy atom. The lowest BCUT2D eigenvalue weighted by Gasteiger charge is -2.18. The molecule has 0 spiro atoms. The van der Waals surface area contributed by atoms with E-state index in [0.29, 0.717) is 6.54 Å². The van der Waals surface area contributed by atoms with E-state index in [0.717, 1.165) is 26.8 Å². The van der Waals surface area contributed by atoms with Gasteiger partial charge >= 0.3 is 0 Å². The standard InChI is InChI=1S/C15H17BrClN3/c1-15(2,3)14-19-12(16)8-13(20-14)18-9-10-4-6-11(17)7-5-10/h4-8H,9H2,1-3H3,(H,18,19,20). The van der Waals surface area contributed by atoms with Crippen LogP contribution < -0.4 is 5.32 Å². The van der Waals surface area contributed by atoms with Crippen LogP contribution in [0.25, 0.3) is 0 Å². The Hall–Kier alpha value is -1.13. The molecule has 0 fully saturated rings. The van der Waals surface area contributed by atoms with Crippen molar-refractivity contribution in [3.63, 3.8) is 0 Å². The van der Waals surface area contributed by atoms with E-state index in [-0.39, 0.29) is 5.41 Å². The summed E-state index contributed by atoms with van der Waals surface area (Å²) in [6.07, 6.45) is 0. The van der Waals surface area contributed by atoms with Crippen molar-refractivity contribution in [3.05, 3.63) is 51.3 Å². The summed E-state index contributed by atoms with van der Waals surface area (Å²) in [6, 6.07) is 9.64. The number of hydrogen-bond acceptors (Lipinski definition) is 3. The normalized spacial score (nSPS) is 11.4. The van der Waals surface area contributed by atoms with Gasteiger partial charge in [0.2, 0.25) is 0 Å². The molecule has 3 nitrogen and oxygen atoms in total. The predicted molar refractivity (Wildman–Crippen MR) is 87.2 cm³/mol. The molecule has 1 aromatic heterocycles. The van der Waals surface area contributed by atoms with E-state index in [2.05, 4.69) is 52.0 Å². The molecule has 0 bridgehead atoms. The van der Waals surface area contributed by atoms with Crippen LogP contribution in [0.1, 0.15) is 32.2 Å². The van der Waals surface area contributed by atoms with E-state index in [4.69, 9.17) is 11.6 Å². The predicted octanol–water partition coefficient (Wildman–Crippen LogP) is 4.80. The van der Waals surface area contributed by atoms with Crippen LogP contribution in [0.4, 0.5) is 5.82 Å². The highest BCUT2D eigenvalue weighted by molar-refractivity contribution is 9.10. The van der Waals surface area contributed by atoms with Gasteiger partial charge in [0.25, 0.3) is 0 Å². The van der Waals surface area contributed by atoms with Crippen LogP contribution in [-0.2, 0) is 12.0 Å². The fraction of sp³-hybridized carbons (Fsp3) is 0.333. The number of hydrogen-bond donors (Lipinski definition) is 1. The van der Waals surface area contributed by atoms with Crippen LogP contribution in [0.3, 0.4) is 0 Å². The van der Waals surface area contributed by atoms with Crippen LogP contribution in [0, 0.1) is 0 Å². The third-order valence-corrected chi connectivity index (χ3v) is 3.41. The lowest BCUT2D eigenvalue weighted by atomic mass is 9.96. The highest BCUT2D eigenvalue weighted by Crippen LogP contribution is 2.22. The molecule has 1 N–H and O–H groups in total. The molecule has 5 heteroatoms. The van der Waals surface area contributed by atoms with E-state index >= 15 is 0 Å². The first-order valence-electron chi connectivity index (χ1n) is 6.38. The summed E-state index contributed by atoms with van der Waals surface area (Å²) in [6.45, 7) is 6.98. The summed E-state index contributed by atoms with van der Waals surface area (Å²) in [4.78, 5) is 8.98. The third-order valence-electron chi connectivity index (χ3n) is 2.75. The molecule has 0 amide bonds. The Morgan fingerprint density at radius 1 is 1.15 bits per heavy atom. The molecule has 0 unspecified atom stereocenters. The second-order valence-electron chi connectivity index (χ2n) is 5.63. The quantitative estimate of drug-likeness (QED) is 0.804. The highest BCUT2D eigenvalue weighted by Gasteiger charge is 2.18. The summed E-state index contributed by atoms with van der Waals surface area (Å²) < 4.78 is 0.788. The Bertz CT molecular complexity index is 591. The van der Waals surface area contributed by atoms with E-state index in [1.165, 1.54) is 0 Å². The number of aromatic nitrogens is 2. The number of nitrogens with one attached hydrogen (secondary N) is 1. The topological polar surface area (TPSA) is 37.8 Å². The van der Waals surface area contributed by atoms with Crippen molar-refractivity contribution >= 4 is 33.3 Å². The summed E-state index contributed by atoms with van der Waals surface area (Å²) >= 11 is 9.31. The van der Waals surface area contributed by atoms with Crippen molar-refractivity contribution in [1.82, 2.24) is 9.97 Å². The fourth-order valence-electron chi connectivity index (χ4n) is 1.64. The Morgan fingerprint density at radius 3 is 2.40 bits per heavy atom. The molecule has 2 aromatic rings. The van der Waals surface area contributed by atoms with Crippen molar-refractivity contribution < 1.29 is 0 Å². The SMILES string of the molecule is CC(C)(C)c1nc(Br)cc(NCc2ccc(Cl)cc2)n1. The van der Waals surface area contributed by atoms with Gasteiger partial charge in [0.15, 0.2) is 0 Å². The van der Waals surface area contributed by atoms with E-state index in [1.807, 2.05) is 30.3 Å². The zero-order valence-corrected chi connectivity index (χ0v) is 14.1. The first kappa shape index (κ1) is 15.3. The molecular weight excluding hydrogens is 338 g/mol. The number of benzene rings is 1. The number of halogens is 2. The van der Waals surface area contributed by atoms with Gasteiger partial charge in [-0.3, -0.25) is 0 Å². The van der Waals surface area contributed by atoms with Gasteiger partial charge in [-0.25, -0.2) is 9.97 Å². The van der Waals surface area contributed by atoms with Crippen molar-refractivity contribution in [2.75, 3.05) is 5.32 Å². The fourth-order valence-corrected chi connectivity index (χ4v) is 2.15. The second kappa shape index (κ2) is 6.10. The zero-order chi connectivity index (χ0) is 14.8. The van der Waals surface area contributed by atoms with Gasteiger partial charge in [0, 0.05) is 23.0 Å². The molecule has 2 rings (SSSR count). The summed E-state index contributed by atoms with van der Waals surface area (Å²) in [7, 11) is 0.